The van der Waals surface area contributed by atoms with Crippen LogP contribution in [-0.2, 0) is 16.1 Å². The molecule has 6 nitrogen and oxygen atoms in total. The van der Waals surface area contributed by atoms with Gasteiger partial charge >= 0.3 is 5.97 Å². The molecule has 0 radical (unpaired) electrons. The van der Waals surface area contributed by atoms with Crippen LogP contribution < -0.4 is 10.1 Å². The van der Waals surface area contributed by atoms with Gasteiger partial charge in [-0.15, -0.1) is 0 Å². The molecule has 2 aliphatic rings. The SMILES string of the molecule is CCNC(=NCc1ccccc1OC1CCC1)N1CC(C)C(C(=O)OC)C1. The van der Waals surface area contributed by atoms with Gasteiger partial charge < -0.3 is 19.7 Å². The van der Waals surface area contributed by atoms with E-state index in [2.05, 4.69) is 30.1 Å². The zero-order valence-electron chi connectivity index (χ0n) is 16.6. The van der Waals surface area contributed by atoms with Gasteiger partial charge in [0.25, 0.3) is 0 Å². The molecule has 1 aliphatic heterocycles. The van der Waals surface area contributed by atoms with Crippen LogP contribution in [-0.4, -0.2) is 49.7 Å². The first kappa shape index (κ1) is 19.5. The summed E-state index contributed by atoms with van der Waals surface area (Å²) in [6.45, 7) is 6.92. The van der Waals surface area contributed by atoms with Gasteiger partial charge in [0, 0.05) is 25.2 Å². The van der Waals surface area contributed by atoms with E-state index < -0.39 is 0 Å². The minimum Gasteiger partial charge on any atom is -0.490 e. The fourth-order valence-corrected chi connectivity index (χ4v) is 3.60. The number of hydrogen-bond acceptors (Lipinski definition) is 4. The van der Waals surface area contributed by atoms with Gasteiger partial charge in [-0.25, -0.2) is 4.99 Å². The van der Waals surface area contributed by atoms with E-state index in [1.165, 1.54) is 13.5 Å². The standard InChI is InChI=1S/C21H31N3O3/c1-4-22-21(24-13-15(2)18(14-24)20(25)26-3)23-12-16-8-5-6-11-19(16)27-17-9-7-10-17/h5-6,8,11,15,17-18H,4,7,9-10,12-14H2,1-3H3,(H,22,23). The molecule has 2 fully saturated rings. The molecule has 6 heteroatoms. The Hall–Kier alpha value is -2.24. The molecule has 1 aromatic carbocycles. The summed E-state index contributed by atoms with van der Waals surface area (Å²) in [7, 11) is 1.45. The number of hydrogen-bond donors (Lipinski definition) is 1. The molecule has 1 heterocycles. The number of benzene rings is 1. The van der Waals surface area contributed by atoms with Crippen molar-refractivity contribution in [1.82, 2.24) is 10.2 Å². The lowest BCUT2D eigenvalue weighted by Gasteiger charge is -2.27. The van der Waals surface area contributed by atoms with Crippen molar-refractivity contribution >= 4 is 11.9 Å². The Morgan fingerprint density at radius 2 is 2.07 bits per heavy atom. The summed E-state index contributed by atoms with van der Waals surface area (Å²) in [4.78, 5) is 19.0. The lowest BCUT2D eigenvalue weighted by atomic mass is 9.96. The lowest BCUT2D eigenvalue weighted by Crippen LogP contribution is -2.40. The number of nitrogens with one attached hydrogen (secondary N) is 1. The van der Waals surface area contributed by atoms with Gasteiger partial charge in [0.05, 0.1) is 25.7 Å². The molecule has 1 saturated heterocycles. The molecule has 2 unspecified atom stereocenters. The number of carbonyl (C=O) groups is 1. The van der Waals surface area contributed by atoms with Crippen LogP contribution in [0, 0.1) is 11.8 Å². The number of esters is 1. The molecule has 1 aliphatic carbocycles. The zero-order chi connectivity index (χ0) is 19.2. The van der Waals surface area contributed by atoms with Crippen molar-refractivity contribution in [2.45, 2.75) is 45.8 Å². The Balaban J connectivity index is 1.70. The van der Waals surface area contributed by atoms with E-state index in [9.17, 15) is 4.79 Å². The number of rotatable bonds is 6. The van der Waals surface area contributed by atoms with E-state index in [-0.39, 0.29) is 17.8 Å². The first-order valence-electron chi connectivity index (χ1n) is 9.98. The third-order valence-electron chi connectivity index (χ3n) is 5.47. The van der Waals surface area contributed by atoms with E-state index in [0.717, 1.165) is 43.2 Å². The minimum absolute atomic E-state index is 0.104. The highest BCUT2D eigenvalue weighted by Crippen LogP contribution is 2.28. The Kier molecular flexibility index (Phi) is 6.58. The van der Waals surface area contributed by atoms with E-state index >= 15 is 0 Å². The number of nitrogens with zero attached hydrogens (tertiary/aromatic N) is 2. The average molecular weight is 373 g/mol. The molecule has 0 bridgehead atoms. The van der Waals surface area contributed by atoms with E-state index in [1.54, 1.807) is 0 Å². The molecule has 0 amide bonds. The normalized spacial score (nSPS) is 23.1. The van der Waals surface area contributed by atoms with Crippen LogP contribution in [0.3, 0.4) is 0 Å². The van der Waals surface area contributed by atoms with Crippen molar-refractivity contribution in [1.29, 1.82) is 0 Å². The number of guanidine groups is 1. The Morgan fingerprint density at radius 3 is 2.74 bits per heavy atom. The molecular weight excluding hydrogens is 342 g/mol. The van der Waals surface area contributed by atoms with Gasteiger partial charge in [-0.1, -0.05) is 25.1 Å². The Morgan fingerprint density at radius 1 is 1.30 bits per heavy atom. The van der Waals surface area contributed by atoms with Crippen LogP contribution in [0.4, 0.5) is 0 Å². The summed E-state index contributed by atoms with van der Waals surface area (Å²) in [6.07, 6.45) is 3.88. The van der Waals surface area contributed by atoms with Crippen LogP contribution >= 0.6 is 0 Å². The van der Waals surface area contributed by atoms with Gasteiger partial charge in [-0.2, -0.15) is 0 Å². The van der Waals surface area contributed by atoms with Gasteiger partial charge in [-0.3, -0.25) is 4.79 Å². The molecule has 0 aromatic heterocycles. The minimum atomic E-state index is -0.139. The smallest absolute Gasteiger partial charge is 0.310 e. The van der Waals surface area contributed by atoms with Crippen molar-refractivity contribution in [2.24, 2.45) is 16.8 Å². The van der Waals surface area contributed by atoms with Crippen LogP contribution in [0.2, 0.25) is 0 Å². The van der Waals surface area contributed by atoms with Gasteiger partial charge in [0.15, 0.2) is 5.96 Å². The number of aliphatic imine (C=N–C) groups is 1. The molecule has 148 valence electrons. The van der Waals surface area contributed by atoms with E-state index in [1.807, 2.05) is 18.2 Å². The highest BCUT2D eigenvalue weighted by Gasteiger charge is 2.36. The van der Waals surface area contributed by atoms with Crippen molar-refractivity contribution in [2.75, 3.05) is 26.7 Å². The third-order valence-corrected chi connectivity index (χ3v) is 5.47. The maximum absolute atomic E-state index is 12.0. The second-order valence-corrected chi connectivity index (χ2v) is 7.46. The molecule has 3 rings (SSSR count). The molecule has 1 saturated carbocycles. The van der Waals surface area contributed by atoms with Gasteiger partial charge in [0.2, 0.25) is 0 Å². The van der Waals surface area contributed by atoms with Crippen LogP contribution in [0.1, 0.15) is 38.7 Å². The average Bonchev–Trinajstić information content (AvgIpc) is 3.03. The van der Waals surface area contributed by atoms with Crippen LogP contribution in [0.15, 0.2) is 29.3 Å². The number of carbonyl (C=O) groups excluding carboxylic acids is 1. The summed E-state index contributed by atoms with van der Waals surface area (Å²) in [6, 6.07) is 8.14. The summed E-state index contributed by atoms with van der Waals surface area (Å²) >= 11 is 0. The van der Waals surface area contributed by atoms with Crippen molar-refractivity contribution in [3.63, 3.8) is 0 Å². The predicted molar refractivity (Wildman–Crippen MR) is 106 cm³/mol. The van der Waals surface area contributed by atoms with Crippen molar-refractivity contribution in [3.8, 4) is 5.75 Å². The van der Waals surface area contributed by atoms with E-state index in [0.29, 0.717) is 19.2 Å². The van der Waals surface area contributed by atoms with Crippen molar-refractivity contribution in [3.05, 3.63) is 29.8 Å². The number of likely N-dealkylation sites (tertiary alicyclic amines) is 1. The number of ether oxygens (including phenoxy) is 2. The summed E-state index contributed by atoms with van der Waals surface area (Å²) < 4.78 is 11.1. The Bertz CT molecular complexity index is 672. The quantitative estimate of drug-likeness (QED) is 0.472. The third kappa shape index (κ3) is 4.73. The molecule has 27 heavy (non-hydrogen) atoms. The van der Waals surface area contributed by atoms with Gasteiger partial charge in [0.1, 0.15) is 5.75 Å². The van der Waals surface area contributed by atoms with Crippen LogP contribution in [0.5, 0.6) is 5.75 Å². The fourth-order valence-electron chi connectivity index (χ4n) is 3.60. The fraction of sp³-hybridized carbons (Fsp3) is 0.619. The summed E-state index contributed by atoms with van der Waals surface area (Å²) in [5.41, 5.74) is 1.09. The maximum Gasteiger partial charge on any atom is 0.310 e. The second-order valence-electron chi connectivity index (χ2n) is 7.46. The topological polar surface area (TPSA) is 63.2 Å². The highest BCUT2D eigenvalue weighted by molar-refractivity contribution is 5.82. The monoisotopic (exact) mass is 373 g/mol. The van der Waals surface area contributed by atoms with Gasteiger partial charge in [-0.05, 0) is 38.2 Å². The summed E-state index contributed by atoms with van der Waals surface area (Å²) in [5, 5.41) is 3.36. The maximum atomic E-state index is 12.0. The lowest BCUT2D eigenvalue weighted by molar-refractivity contribution is -0.145. The molecule has 1 N–H and O–H groups in total. The largest absolute Gasteiger partial charge is 0.490 e. The second kappa shape index (κ2) is 9.11. The molecule has 1 aromatic rings. The summed E-state index contributed by atoms with van der Waals surface area (Å²) in [5.74, 6) is 1.78. The molecule has 0 spiro atoms. The zero-order valence-corrected chi connectivity index (χ0v) is 16.6. The number of para-hydroxylation sites is 1. The molecule has 2 atom stereocenters. The Labute approximate surface area is 161 Å². The first-order chi connectivity index (χ1) is 13.1. The first-order valence-corrected chi connectivity index (χ1v) is 9.98. The molecular formula is C21H31N3O3. The van der Waals surface area contributed by atoms with E-state index in [4.69, 9.17) is 14.5 Å². The van der Waals surface area contributed by atoms with Crippen molar-refractivity contribution < 1.29 is 14.3 Å². The van der Waals surface area contributed by atoms with Crippen LogP contribution in [0.25, 0.3) is 0 Å². The number of methoxy groups -OCH3 is 1. The predicted octanol–water partition coefficient (Wildman–Crippen LogP) is 2.82. The highest BCUT2D eigenvalue weighted by atomic mass is 16.5.